The van der Waals surface area contributed by atoms with Crippen molar-refractivity contribution in [1.82, 2.24) is 5.32 Å². The lowest BCUT2D eigenvalue weighted by Crippen LogP contribution is -2.44. The summed E-state index contributed by atoms with van der Waals surface area (Å²) in [6, 6.07) is 8.46. The number of hydrogen-bond acceptors (Lipinski definition) is 3. The number of ether oxygens (including phenoxy) is 1. The van der Waals surface area contributed by atoms with Crippen LogP contribution in [0.2, 0.25) is 0 Å². The third-order valence-corrected chi connectivity index (χ3v) is 4.79. The van der Waals surface area contributed by atoms with Crippen molar-refractivity contribution in [3.63, 3.8) is 0 Å². The Labute approximate surface area is 128 Å². The summed E-state index contributed by atoms with van der Waals surface area (Å²) in [5, 5.41) is 13.6. The van der Waals surface area contributed by atoms with Crippen LogP contribution in [0.3, 0.4) is 0 Å². The highest BCUT2D eigenvalue weighted by molar-refractivity contribution is 5.26. The predicted octanol–water partition coefficient (Wildman–Crippen LogP) is 3.15. The molecule has 4 unspecified atom stereocenters. The lowest BCUT2D eigenvalue weighted by atomic mass is 9.78. The Morgan fingerprint density at radius 3 is 2.67 bits per heavy atom. The number of aliphatic hydroxyl groups is 1. The summed E-state index contributed by atoms with van der Waals surface area (Å²) in [7, 11) is 0. The van der Waals surface area contributed by atoms with Gasteiger partial charge in [0.15, 0.2) is 0 Å². The number of nitrogens with one attached hydrogen (secondary N) is 1. The summed E-state index contributed by atoms with van der Waals surface area (Å²) >= 11 is 0. The van der Waals surface area contributed by atoms with Crippen molar-refractivity contribution in [3.8, 4) is 5.75 Å². The normalized spacial score (nSPS) is 27.3. The van der Waals surface area contributed by atoms with Crippen LogP contribution in [0, 0.1) is 18.8 Å². The van der Waals surface area contributed by atoms with Gasteiger partial charge in [-0.1, -0.05) is 44.4 Å². The Hall–Kier alpha value is -1.06. The molecule has 0 bridgehead atoms. The second kappa shape index (κ2) is 7.81. The molecule has 118 valence electrons. The van der Waals surface area contributed by atoms with Crippen LogP contribution in [-0.4, -0.2) is 30.4 Å². The van der Waals surface area contributed by atoms with Gasteiger partial charge in [0.25, 0.3) is 0 Å². The topological polar surface area (TPSA) is 41.5 Å². The van der Waals surface area contributed by atoms with Crippen molar-refractivity contribution in [2.45, 2.75) is 52.2 Å². The first-order valence-electron chi connectivity index (χ1n) is 8.17. The van der Waals surface area contributed by atoms with Gasteiger partial charge in [-0.15, -0.1) is 0 Å². The van der Waals surface area contributed by atoms with E-state index in [1.54, 1.807) is 0 Å². The number of aryl methyl sites for hydroxylation is 1. The van der Waals surface area contributed by atoms with Gasteiger partial charge in [0.05, 0.1) is 0 Å². The van der Waals surface area contributed by atoms with Gasteiger partial charge in [0.2, 0.25) is 0 Å². The smallest absolute Gasteiger partial charge is 0.119 e. The molecule has 1 aliphatic rings. The zero-order valence-corrected chi connectivity index (χ0v) is 13.5. The molecule has 0 aliphatic heterocycles. The molecule has 4 atom stereocenters. The monoisotopic (exact) mass is 291 g/mol. The van der Waals surface area contributed by atoms with Crippen molar-refractivity contribution in [3.05, 3.63) is 29.8 Å². The molecule has 0 amide bonds. The van der Waals surface area contributed by atoms with E-state index in [1.807, 2.05) is 24.3 Å². The maximum Gasteiger partial charge on any atom is 0.119 e. The average Bonchev–Trinajstić information content (AvgIpc) is 2.48. The Morgan fingerprint density at radius 1 is 1.24 bits per heavy atom. The van der Waals surface area contributed by atoms with E-state index in [-0.39, 0.29) is 0 Å². The number of aliphatic hydroxyl groups excluding tert-OH is 1. The molecule has 3 nitrogen and oxygen atoms in total. The predicted molar refractivity (Wildman–Crippen MR) is 86.7 cm³/mol. The summed E-state index contributed by atoms with van der Waals surface area (Å²) < 4.78 is 5.62. The zero-order chi connectivity index (χ0) is 15.2. The fourth-order valence-corrected chi connectivity index (χ4v) is 3.04. The highest BCUT2D eigenvalue weighted by Gasteiger charge is 2.26. The first-order chi connectivity index (χ1) is 10.1. The Balaban J connectivity index is 1.69. The zero-order valence-electron chi connectivity index (χ0n) is 13.5. The van der Waals surface area contributed by atoms with Gasteiger partial charge in [-0.3, -0.25) is 0 Å². The molecule has 1 aliphatic carbocycles. The van der Waals surface area contributed by atoms with E-state index >= 15 is 0 Å². The van der Waals surface area contributed by atoms with E-state index in [0.29, 0.717) is 25.1 Å². The van der Waals surface area contributed by atoms with Crippen LogP contribution in [0.15, 0.2) is 24.3 Å². The van der Waals surface area contributed by atoms with E-state index in [2.05, 4.69) is 26.1 Å². The highest BCUT2D eigenvalue weighted by atomic mass is 16.5. The summed E-state index contributed by atoms with van der Waals surface area (Å²) in [5.74, 6) is 2.28. The van der Waals surface area contributed by atoms with Crippen molar-refractivity contribution in [1.29, 1.82) is 0 Å². The summed E-state index contributed by atoms with van der Waals surface area (Å²) in [6.07, 6.45) is 3.38. The van der Waals surface area contributed by atoms with Crippen molar-refractivity contribution < 1.29 is 9.84 Å². The minimum Gasteiger partial charge on any atom is -0.491 e. The first-order valence-corrected chi connectivity index (χ1v) is 8.17. The molecule has 0 radical (unpaired) electrons. The number of hydrogen-bond donors (Lipinski definition) is 2. The van der Waals surface area contributed by atoms with E-state index in [0.717, 1.165) is 11.7 Å². The van der Waals surface area contributed by atoms with Crippen LogP contribution in [0.4, 0.5) is 0 Å². The maximum absolute atomic E-state index is 10.1. The van der Waals surface area contributed by atoms with Gasteiger partial charge < -0.3 is 15.2 Å². The third kappa shape index (κ3) is 5.01. The van der Waals surface area contributed by atoms with Crippen LogP contribution >= 0.6 is 0 Å². The van der Waals surface area contributed by atoms with Gasteiger partial charge in [-0.05, 0) is 37.3 Å². The van der Waals surface area contributed by atoms with E-state index in [1.165, 1.54) is 24.8 Å². The van der Waals surface area contributed by atoms with Gasteiger partial charge in [-0.25, -0.2) is 0 Å². The molecule has 0 saturated heterocycles. The highest BCUT2D eigenvalue weighted by Crippen LogP contribution is 2.29. The van der Waals surface area contributed by atoms with Crippen molar-refractivity contribution in [2.24, 2.45) is 11.8 Å². The lowest BCUT2D eigenvalue weighted by molar-refractivity contribution is 0.0946. The molecule has 2 N–H and O–H groups in total. The summed E-state index contributed by atoms with van der Waals surface area (Å²) in [6.45, 7) is 7.64. The molecule has 0 spiro atoms. The van der Waals surface area contributed by atoms with Crippen LogP contribution in [0.5, 0.6) is 5.75 Å². The van der Waals surface area contributed by atoms with Crippen LogP contribution in [0.1, 0.15) is 38.7 Å². The Bertz CT molecular complexity index is 418. The molecule has 21 heavy (non-hydrogen) atoms. The van der Waals surface area contributed by atoms with Gasteiger partial charge in [0, 0.05) is 12.6 Å². The average molecular weight is 291 g/mol. The van der Waals surface area contributed by atoms with E-state index in [9.17, 15) is 5.11 Å². The number of benzene rings is 1. The summed E-state index contributed by atoms with van der Waals surface area (Å²) in [5.41, 5.74) is 1.21. The fourth-order valence-electron chi connectivity index (χ4n) is 3.04. The second-order valence-electron chi connectivity index (χ2n) is 6.56. The minimum atomic E-state index is -0.462. The Kier molecular flexibility index (Phi) is 6.07. The van der Waals surface area contributed by atoms with Gasteiger partial charge in [0.1, 0.15) is 18.5 Å². The summed E-state index contributed by atoms with van der Waals surface area (Å²) in [4.78, 5) is 0. The molecule has 1 fully saturated rings. The van der Waals surface area contributed by atoms with Crippen molar-refractivity contribution >= 4 is 0 Å². The van der Waals surface area contributed by atoms with Crippen LogP contribution < -0.4 is 10.1 Å². The third-order valence-electron chi connectivity index (χ3n) is 4.79. The van der Waals surface area contributed by atoms with E-state index < -0.39 is 6.10 Å². The molecular weight excluding hydrogens is 262 g/mol. The molecule has 0 heterocycles. The van der Waals surface area contributed by atoms with E-state index in [4.69, 9.17) is 4.74 Å². The lowest BCUT2D eigenvalue weighted by Gasteiger charge is -2.35. The first kappa shape index (κ1) is 16.3. The molecule has 0 aromatic heterocycles. The van der Waals surface area contributed by atoms with Gasteiger partial charge in [-0.2, -0.15) is 0 Å². The molecule has 1 saturated carbocycles. The molecule has 1 aromatic carbocycles. The van der Waals surface area contributed by atoms with Crippen LogP contribution in [0.25, 0.3) is 0 Å². The molecular formula is C18H29NO2. The number of rotatable bonds is 6. The fraction of sp³-hybridized carbons (Fsp3) is 0.667. The van der Waals surface area contributed by atoms with Gasteiger partial charge >= 0.3 is 0 Å². The second-order valence-corrected chi connectivity index (χ2v) is 6.56. The maximum atomic E-state index is 10.1. The Morgan fingerprint density at radius 2 is 1.95 bits per heavy atom. The molecule has 3 heteroatoms. The standard InChI is InChI=1S/C18H29NO2/c1-13-7-9-17(10-8-13)21-12-16(20)11-19-18-6-4-5-14(2)15(18)3/h7-10,14-16,18-20H,4-6,11-12H2,1-3H3. The molecule has 2 rings (SSSR count). The SMILES string of the molecule is Cc1ccc(OCC(O)CNC2CCCC(C)C2C)cc1. The molecule has 1 aromatic rings. The quantitative estimate of drug-likeness (QED) is 0.846. The van der Waals surface area contributed by atoms with Crippen molar-refractivity contribution in [2.75, 3.05) is 13.2 Å². The van der Waals surface area contributed by atoms with Crippen LogP contribution in [-0.2, 0) is 0 Å². The minimum absolute atomic E-state index is 0.340. The largest absolute Gasteiger partial charge is 0.491 e.